The van der Waals surface area contributed by atoms with Gasteiger partial charge in [-0.25, -0.2) is 0 Å². The van der Waals surface area contributed by atoms with E-state index in [2.05, 4.69) is 25.9 Å². The average molecular weight is 436 g/mol. The van der Waals surface area contributed by atoms with Gasteiger partial charge < -0.3 is 15.4 Å². The van der Waals surface area contributed by atoms with Gasteiger partial charge in [-0.05, 0) is 36.4 Å². The molecule has 4 rings (SSSR count). The summed E-state index contributed by atoms with van der Waals surface area (Å²) in [5.41, 5.74) is 2.16. The lowest BCUT2D eigenvalue weighted by Crippen LogP contribution is -2.20. The van der Waals surface area contributed by atoms with Crippen molar-refractivity contribution in [2.45, 2.75) is 22.4 Å². The predicted molar refractivity (Wildman–Crippen MR) is 116 cm³/mol. The van der Waals surface area contributed by atoms with Gasteiger partial charge >= 0.3 is 0 Å². The number of benzene rings is 1. The number of carbonyl (C=O) groups excluding carboxylic acids is 2. The molecule has 1 unspecified atom stereocenters. The van der Waals surface area contributed by atoms with Crippen LogP contribution in [0.2, 0.25) is 0 Å². The van der Waals surface area contributed by atoms with Crippen molar-refractivity contribution in [1.29, 1.82) is 0 Å². The number of nitrogens with one attached hydrogen (secondary N) is 3. The number of nitrogens with zero attached hydrogens (tertiary/aromatic N) is 2. The Hall–Kier alpha value is -3.43. The predicted octanol–water partition coefficient (Wildman–Crippen LogP) is 2.28. The van der Waals surface area contributed by atoms with E-state index in [1.54, 1.807) is 43.5 Å². The minimum atomic E-state index is -0.391. The summed E-state index contributed by atoms with van der Waals surface area (Å²) in [6.45, 7) is 0.761. The van der Waals surface area contributed by atoms with Crippen molar-refractivity contribution in [2.24, 2.45) is 0 Å². The Morgan fingerprint density at radius 1 is 1.19 bits per heavy atom. The van der Waals surface area contributed by atoms with Crippen molar-refractivity contribution in [1.82, 2.24) is 25.9 Å². The molecule has 0 aliphatic carbocycles. The summed E-state index contributed by atoms with van der Waals surface area (Å²) in [6.07, 6.45) is 6.64. The molecule has 3 aromatic rings. The van der Waals surface area contributed by atoms with E-state index in [1.807, 2.05) is 30.3 Å². The molecule has 3 N–H and O–H groups in total. The van der Waals surface area contributed by atoms with Crippen molar-refractivity contribution >= 4 is 23.6 Å². The summed E-state index contributed by atoms with van der Waals surface area (Å²) in [5, 5.41) is 8.50. The second kappa shape index (κ2) is 9.59. The molecule has 1 aliphatic heterocycles. The summed E-state index contributed by atoms with van der Waals surface area (Å²) in [5.74, 6) is 0.478. The third-order valence-electron chi connectivity index (χ3n) is 4.69. The van der Waals surface area contributed by atoms with Gasteiger partial charge in [0.2, 0.25) is 5.91 Å². The Bertz CT molecular complexity index is 1090. The topological polar surface area (TPSA) is 105 Å². The molecule has 9 heteroatoms. The van der Waals surface area contributed by atoms with E-state index in [4.69, 9.17) is 4.74 Å². The molecule has 1 aromatic carbocycles. The number of pyridine rings is 2. The number of aromatic nitrogens is 2. The lowest BCUT2D eigenvalue weighted by atomic mass is 10.1. The van der Waals surface area contributed by atoms with Crippen LogP contribution < -0.4 is 20.7 Å². The minimum Gasteiger partial charge on any atom is -0.489 e. The van der Waals surface area contributed by atoms with Crippen LogP contribution in [-0.4, -0.2) is 35.5 Å². The van der Waals surface area contributed by atoms with Crippen LogP contribution in [0.15, 0.2) is 71.0 Å². The van der Waals surface area contributed by atoms with Crippen LogP contribution in [0.3, 0.4) is 0 Å². The van der Waals surface area contributed by atoms with Crippen LogP contribution >= 0.6 is 11.8 Å². The van der Waals surface area contributed by atoms with Gasteiger partial charge in [0.1, 0.15) is 18.4 Å². The maximum absolute atomic E-state index is 12.0. The zero-order chi connectivity index (χ0) is 21.6. The fraction of sp³-hybridized carbons (Fsp3) is 0.182. The number of carbonyl (C=O) groups is 2. The lowest BCUT2D eigenvalue weighted by Gasteiger charge is -2.13. The van der Waals surface area contributed by atoms with E-state index < -0.39 is 6.04 Å². The molecule has 158 valence electrons. The molecule has 31 heavy (non-hydrogen) atoms. The largest absolute Gasteiger partial charge is 0.489 e. The number of ether oxygens (including phenoxy) is 1. The van der Waals surface area contributed by atoms with Crippen molar-refractivity contribution in [3.63, 3.8) is 0 Å². The van der Waals surface area contributed by atoms with E-state index in [1.165, 1.54) is 6.20 Å². The summed E-state index contributed by atoms with van der Waals surface area (Å²) in [6, 6.07) is 11.0. The second-order valence-corrected chi connectivity index (χ2v) is 7.91. The number of hydrogen-bond acceptors (Lipinski definition) is 7. The highest BCUT2D eigenvalue weighted by Crippen LogP contribution is 2.34. The van der Waals surface area contributed by atoms with Crippen molar-refractivity contribution in [3.05, 3.63) is 77.9 Å². The molecule has 8 nitrogen and oxygen atoms in total. The summed E-state index contributed by atoms with van der Waals surface area (Å²) < 4.78 is 5.83. The molecular formula is C22H21N5O3S. The first-order valence-electron chi connectivity index (χ1n) is 9.66. The first-order chi connectivity index (χ1) is 15.1. The standard InChI is InChI=1S/C22H21N5O3S/c1-23-21(28)15-8-14(9-25-10-15)12-30-16-2-4-17(5-3-16)31-19-6-7-24-11-18(19)20-22(29)27-13-26-20/h2-11,20,26H,12-13H2,1H3,(H,23,28)(H,27,29). The fourth-order valence-electron chi connectivity index (χ4n) is 3.12. The van der Waals surface area contributed by atoms with Crippen LogP contribution in [0.25, 0.3) is 0 Å². The Morgan fingerprint density at radius 3 is 2.77 bits per heavy atom. The molecule has 2 amide bonds. The molecular weight excluding hydrogens is 414 g/mol. The molecule has 2 aromatic heterocycles. The number of amides is 2. The SMILES string of the molecule is CNC(=O)c1cncc(COc2ccc(Sc3ccncc3C3NCNC3=O)cc2)c1. The first-order valence-corrected chi connectivity index (χ1v) is 10.5. The monoisotopic (exact) mass is 435 g/mol. The number of rotatable bonds is 7. The van der Waals surface area contributed by atoms with Gasteiger partial charge in [0, 0.05) is 52.8 Å². The van der Waals surface area contributed by atoms with Crippen LogP contribution in [0.4, 0.5) is 0 Å². The van der Waals surface area contributed by atoms with Gasteiger partial charge in [-0.1, -0.05) is 11.8 Å². The average Bonchev–Trinajstić information content (AvgIpc) is 3.24. The molecule has 1 atom stereocenters. The van der Waals surface area contributed by atoms with E-state index in [9.17, 15) is 9.59 Å². The Morgan fingerprint density at radius 2 is 2.03 bits per heavy atom. The maximum Gasteiger partial charge on any atom is 0.252 e. The zero-order valence-corrected chi connectivity index (χ0v) is 17.6. The molecule has 1 aliphatic rings. The van der Waals surface area contributed by atoms with Crippen LogP contribution in [0, 0.1) is 0 Å². The van der Waals surface area contributed by atoms with Gasteiger partial charge in [0.05, 0.1) is 12.2 Å². The second-order valence-electron chi connectivity index (χ2n) is 6.79. The molecule has 0 spiro atoms. The van der Waals surface area contributed by atoms with Gasteiger partial charge in [-0.3, -0.25) is 24.9 Å². The van der Waals surface area contributed by atoms with Crippen LogP contribution in [0.1, 0.15) is 27.5 Å². The van der Waals surface area contributed by atoms with Crippen LogP contribution in [0.5, 0.6) is 5.75 Å². The molecule has 1 saturated heterocycles. The first kappa shape index (κ1) is 20.8. The fourth-order valence-corrected chi connectivity index (χ4v) is 4.07. The Kier molecular flexibility index (Phi) is 6.44. The minimum absolute atomic E-state index is 0.0476. The third-order valence-corrected chi connectivity index (χ3v) is 5.79. The number of hydrogen-bond donors (Lipinski definition) is 3. The molecule has 0 radical (unpaired) electrons. The van der Waals surface area contributed by atoms with Crippen molar-refractivity contribution < 1.29 is 14.3 Å². The third kappa shape index (κ3) is 5.01. The normalized spacial score (nSPS) is 15.4. The van der Waals surface area contributed by atoms with Crippen LogP contribution in [-0.2, 0) is 11.4 Å². The summed E-state index contributed by atoms with van der Waals surface area (Å²) in [7, 11) is 1.58. The molecule has 1 fully saturated rings. The van der Waals surface area contributed by atoms with E-state index in [0.717, 1.165) is 20.9 Å². The molecule has 3 heterocycles. The van der Waals surface area contributed by atoms with E-state index in [-0.39, 0.29) is 11.8 Å². The van der Waals surface area contributed by atoms with E-state index in [0.29, 0.717) is 24.6 Å². The Balaban J connectivity index is 1.41. The highest BCUT2D eigenvalue weighted by atomic mass is 32.2. The van der Waals surface area contributed by atoms with Crippen molar-refractivity contribution in [3.8, 4) is 5.75 Å². The summed E-state index contributed by atoms with van der Waals surface area (Å²) in [4.78, 5) is 34.0. The van der Waals surface area contributed by atoms with Gasteiger partial charge in [0.25, 0.3) is 5.91 Å². The zero-order valence-electron chi connectivity index (χ0n) is 16.8. The van der Waals surface area contributed by atoms with Gasteiger partial charge in [0.15, 0.2) is 0 Å². The van der Waals surface area contributed by atoms with E-state index >= 15 is 0 Å². The Labute approximate surface area is 183 Å². The summed E-state index contributed by atoms with van der Waals surface area (Å²) >= 11 is 1.56. The smallest absolute Gasteiger partial charge is 0.252 e. The highest BCUT2D eigenvalue weighted by Gasteiger charge is 2.27. The molecule has 0 saturated carbocycles. The quantitative estimate of drug-likeness (QED) is 0.523. The van der Waals surface area contributed by atoms with Gasteiger partial charge in [-0.15, -0.1) is 0 Å². The molecule has 0 bridgehead atoms. The highest BCUT2D eigenvalue weighted by molar-refractivity contribution is 7.99. The lowest BCUT2D eigenvalue weighted by molar-refractivity contribution is -0.120. The maximum atomic E-state index is 12.0. The van der Waals surface area contributed by atoms with Crippen molar-refractivity contribution in [2.75, 3.05) is 13.7 Å². The van der Waals surface area contributed by atoms with Gasteiger partial charge in [-0.2, -0.15) is 0 Å².